The van der Waals surface area contributed by atoms with E-state index in [1.807, 2.05) is 0 Å². The van der Waals surface area contributed by atoms with Crippen molar-refractivity contribution in [1.29, 1.82) is 0 Å². The van der Waals surface area contributed by atoms with E-state index in [-0.39, 0.29) is 5.97 Å². The standard InChI is InChI=1S/C21H36O2/c1-3-4-5-6-7-8-9-10-11-12-13-14-15-16-17-18-19-20-21(22)23-2/h10-11,13-14,16-17H,3-9,12,15,18-20H2,1-2H3/b11-10+,14-13-,17-16-. The van der Waals surface area contributed by atoms with Crippen molar-refractivity contribution in [2.75, 3.05) is 7.11 Å². The summed E-state index contributed by atoms with van der Waals surface area (Å²) in [5.41, 5.74) is 0. The minimum atomic E-state index is -0.119. The number of esters is 1. The average molecular weight is 321 g/mol. The second kappa shape index (κ2) is 18.7. The quantitative estimate of drug-likeness (QED) is 0.195. The van der Waals surface area contributed by atoms with Crippen molar-refractivity contribution >= 4 is 5.97 Å². The first-order valence-corrected chi connectivity index (χ1v) is 9.33. The average Bonchev–Trinajstić information content (AvgIpc) is 2.57. The summed E-state index contributed by atoms with van der Waals surface area (Å²) < 4.78 is 4.60. The number of allylic oxidation sites excluding steroid dienone is 6. The molecular weight excluding hydrogens is 284 g/mol. The van der Waals surface area contributed by atoms with Gasteiger partial charge >= 0.3 is 5.97 Å². The molecule has 0 bridgehead atoms. The fourth-order valence-electron chi connectivity index (χ4n) is 2.29. The molecule has 0 radical (unpaired) electrons. The zero-order valence-corrected chi connectivity index (χ0v) is 15.3. The van der Waals surface area contributed by atoms with Crippen LogP contribution in [-0.2, 0) is 9.53 Å². The Labute approximate surface area is 143 Å². The monoisotopic (exact) mass is 320 g/mol. The molecule has 0 aromatic carbocycles. The molecule has 0 N–H and O–H groups in total. The number of unbranched alkanes of at least 4 members (excludes halogenated alkanes) is 7. The van der Waals surface area contributed by atoms with Crippen LogP contribution in [0.3, 0.4) is 0 Å². The summed E-state index contributed by atoms with van der Waals surface area (Å²) in [5.74, 6) is -0.119. The lowest BCUT2D eigenvalue weighted by atomic mass is 10.1. The molecule has 132 valence electrons. The van der Waals surface area contributed by atoms with Gasteiger partial charge in [-0.15, -0.1) is 0 Å². The summed E-state index contributed by atoms with van der Waals surface area (Å²) in [6.45, 7) is 2.26. The second-order valence-corrected chi connectivity index (χ2v) is 5.91. The molecule has 0 amide bonds. The van der Waals surface area contributed by atoms with Crippen LogP contribution in [0.2, 0.25) is 0 Å². The molecule has 0 spiro atoms. The van der Waals surface area contributed by atoms with Gasteiger partial charge in [-0.05, 0) is 38.5 Å². The molecule has 0 aliphatic carbocycles. The predicted octanol–water partition coefficient (Wildman–Crippen LogP) is 6.53. The molecule has 0 fully saturated rings. The summed E-state index contributed by atoms with van der Waals surface area (Å²) in [6.07, 6.45) is 27.1. The Balaban J connectivity index is 3.33. The Hall–Kier alpha value is -1.31. The van der Waals surface area contributed by atoms with E-state index in [1.165, 1.54) is 52.1 Å². The van der Waals surface area contributed by atoms with E-state index in [1.54, 1.807) is 0 Å². The highest BCUT2D eigenvalue weighted by Gasteiger charge is 1.96. The first-order valence-electron chi connectivity index (χ1n) is 9.33. The lowest BCUT2D eigenvalue weighted by molar-refractivity contribution is -0.140. The molecule has 0 heterocycles. The van der Waals surface area contributed by atoms with E-state index in [4.69, 9.17) is 0 Å². The summed E-state index contributed by atoms with van der Waals surface area (Å²) in [7, 11) is 1.44. The second-order valence-electron chi connectivity index (χ2n) is 5.91. The van der Waals surface area contributed by atoms with Crippen molar-refractivity contribution in [3.05, 3.63) is 36.5 Å². The molecule has 0 saturated heterocycles. The summed E-state index contributed by atoms with van der Waals surface area (Å²) in [6, 6.07) is 0. The number of carbonyl (C=O) groups is 1. The molecule has 0 unspecified atom stereocenters. The minimum Gasteiger partial charge on any atom is -0.469 e. The van der Waals surface area contributed by atoms with Crippen LogP contribution in [0, 0.1) is 0 Å². The topological polar surface area (TPSA) is 26.3 Å². The van der Waals surface area contributed by atoms with Gasteiger partial charge in [-0.3, -0.25) is 4.79 Å². The molecule has 0 atom stereocenters. The highest BCUT2D eigenvalue weighted by Crippen LogP contribution is 2.07. The van der Waals surface area contributed by atoms with Crippen molar-refractivity contribution in [2.24, 2.45) is 0 Å². The third-order valence-corrected chi connectivity index (χ3v) is 3.75. The minimum absolute atomic E-state index is 0.119. The van der Waals surface area contributed by atoms with Crippen LogP contribution >= 0.6 is 0 Å². The van der Waals surface area contributed by atoms with Gasteiger partial charge in [0.2, 0.25) is 0 Å². The molecule has 2 heteroatoms. The highest BCUT2D eigenvalue weighted by atomic mass is 16.5. The van der Waals surface area contributed by atoms with E-state index < -0.39 is 0 Å². The zero-order chi connectivity index (χ0) is 17.0. The normalized spacial score (nSPS) is 11.9. The first kappa shape index (κ1) is 21.7. The lowest BCUT2D eigenvalue weighted by Crippen LogP contribution is -1.98. The number of methoxy groups -OCH3 is 1. The van der Waals surface area contributed by atoms with Gasteiger partial charge in [0.25, 0.3) is 0 Å². The fourth-order valence-corrected chi connectivity index (χ4v) is 2.29. The van der Waals surface area contributed by atoms with Gasteiger partial charge in [0.05, 0.1) is 7.11 Å². The van der Waals surface area contributed by atoms with E-state index in [0.717, 1.165) is 25.7 Å². The molecule has 0 aliphatic heterocycles. The van der Waals surface area contributed by atoms with Gasteiger partial charge in [-0.1, -0.05) is 75.5 Å². The Morgan fingerprint density at radius 1 is 0.739 bits per heavy atom. The molecule has 0 rings (SSSR count). The number of rotatable bonds is 15. The Morgan fingerprint density at radius 2 is 1.26 bits per heavy atom. The van der Waals surface area contributed by atoms with E-state index in [9.17, 15) is 4.79 Å². The van der Waals surface area contributed by atoms with E-state index >= 15 is 0 Å². The van der Waals surface area contributed by atoms with Crippen LogP contribution in [-0.4, -0.2) is 13.1 Å². The van der Waals surface area contributed by atoms with Crippen molar-refractivity contribution in [2.45, 2.75) is 84.0 Å². The van der Waals surface area contributed by atoms with Crippen molar-refractivity contribution in [1.82, 2.24) is 0 Å². The maximum Gasteiger partial charge on any atom is 0.305 e. The smallest absolute Gasteiger partial charge is 0.305 e. The Bertz CT molecular complexity index is 340. The predicted molar refractivity (Wildman–Crippen MR) is 101 cm³/mol. The largest absolute Gasteiger partial charge is 0.469 e. The Morgan fingerprint density at radius 3 is 1.87 bits per heavy atom. The van der Waals surface area contributed by atoms with Crippen LogP contribution in [0.25, 0.3) is 0 Å². The van der Waals surface area contributed by atoms with E-state index in [2.05, 4.69) is 48.1 Å². The number of carbonyl (C=O) groups excluding carboxylic acids is 1. The molecule has 0 aliphatic rings. The van der Waals surface area contributed by atoms with Crippen LogP contribution in [0.15, 0.2) is 36.5 Å². The molecule has 0 aromatic rings. The van der Waals surface area contributed by atoms with E-state index in [0.29, 0.717) is 6.42 Å². The maximum atomic E-state index is 10.9. The molecule has 0 aromatic heterocycles. The van der Waals surface area contributed by atoms with Gasteiger partial charge < -0.3 is 4.74 Å². The highest BCUT2D eigenvalue weighted by molar-refractivity contribution is 5.68. The van der Waals surface area contributed by atoms with Crippen LogP contribution in [0.1, 0.15) is 84.0 Å². The SMILES string of the molecule is CCCCCCCC/C=C/C/C=C\C/C=C\CCCC(=O)OC. The molecule has 23 heavy (non-hydrogen) atoms. The number of hydrogen-bond donors (Lipinski definition) is 0. The van der Waals surface area contributed by atoms with Gasteiger partial charge in [0.15, 0.2) is 0 Å². The van der Waals surface area contributed by atoms with Crippen LogP contribution in [0.5, 0.6) is 0 Å². The summed E-state index contributed by atoms with van der Waals surface area (Å²) in [5, 5.41) is 0. The van der Waals surface area contributed by atoms with Gasteiger partial charge in [0, 0.05) is 6.42 Å². The van der Waals surface area contributed by atoms with Crippen LogP contribution in [0.4, 0.5) is 0 Å². The molecule has 2 nitrogen and oxygen atoms in total. The van der Waals surface area contributed by atoms with Crippen molar-refractivity contribution in [3.63, 3.8) is 0 Å². The van der Waals surface area contributed by atoms with Crippen LogP contribution < -0.4 is 0 Å². The fraction of sp³-hybridized carbons (Fsp3) is 0.667. The van der Waals surface area contributed by atoms with Crippen molar-refractivity contribution in [3.8, 4) is 0 Å². The number of hydrogen-bond acceptors (Lipinski definition) is 2. The van der Waals surface area contributed by atoms with Gasteiger partial charge in [-0.25, -0.2) is 0 Å². The van der Waals surface area contributed by atoms with Gasteiger partial charge in [0.1, 0.15) is 0 Å². The third-order valence-electron chi connectivity index (χ3n) is 3.75. The lowest BCUT2D eigenvalue weighted by Gasteiger charge is -1.97. The maximum absolute atomic E-state index is 10.9. The molecule has 0 saturated carbocycles. The van der Waals surface area contributed by atoms with Crippen molar-refractivity contribution < 1.29 is 9.53 Å². The summed E-state index contributed by atoms with van der Waals surface area (Å²) in [4.78, 5) is 10.9. The summed E-state index contributed by atoms with van der Waals surface area (Å²) >= 11 is 0. The molecular formula is C21H36O2. The van der Waals surface area contributed by atoms with Gasteiger partial charge in [-0.2, -0.15) is 0 Å². The first-order chi connectivity index (χ1) is 11.3. The third kappa shape index (κ3) is 18.6. The Kier molecular flexibility index (Phi) is 17.7. The number of ether oxygens (including phenoxy) is 1. The zero-order valence-electron chi connectivity index (χ0n) is 15.3.